The molecule has 1 atom stereocenters. The lowest BCUT2D eigenvalue weighted by Crippen LogP contribution is -2.44. The molecule has 1 unspecified atom stereocenters. The van der Waals surface area contributed by atoms with Gasteiger partial charge in [0.05, 0.1) is 22.5 Å². The Kier molecular flexibility index (Phi) is 6.82. The Balaban J connectivity index is 1.69. The van der Waals surface area contributed by atoms with Gasteiger partial charge in [-0.2, -0.15) is 13.2 Å². The van der Waals surface area contributed by atoms with Gasteiger partial charge in [-0.05, 0) is 17.7 Å². The van der Waals surface area contributed by atoms with Gasteiger partial charge in [0, 0.05) is 32.2 Å². The van der Waals surface area contributed by atoms with Crippen molar-refractivity contribution < 1.29 is 31.2 Å². The van der Waals surface area contributed by atoms with E-state index in [2.05, 4.69) is 10.2 Å². The fourth-order valence-electron chi connectivity index (χ4n) is 3.23. The summed E-state index contributed by atoms with van der Waals surface area (Å²) in [7, 11) is -5.69. The van der Waals surface area contributed by atoms with Crippen LogP contribution in [0.3, 0.4) is 0 Å². The fourth-order valence-corrected chi connectivity index (χ4v) is 4.01. The van der Waals surface area contributed by atoms with E-state index in [1.165, 1.54) is 0 Å². The minimum Gasteiger partial charge on any atom is -0.377 e. The maximum Gasteiger partial charge on any atom is 0.501 e. The standard InChI is InChI=1S/C19H20F3N3O5S/c20-19(21,22)31(28,29)16-6-7-17(18(10-16)25(26)27)23-11-15-13-24(8-9-30-15)12-14-4-2-1-3-5-14/h1-7,10,15,23H,8-9,11-13H2. The molecular weight excluding hydrogens is 439 g/mol. The third-order valence-corrected chi connectivity index (χ3v) is 6.26. The number of alkyl halides is 3. The van der Waals surface area contributed by atoms with Gasteiger partial charge in [0.15, 0.2) is 0 Å². The first-order chi connectivity index (χ1) is 14.6. The summed E-state index contributed by atoms with van der Waals surface area (Å²) in [4.78, 5) is 11.4. The highest BCUT2D eigenvalue weighted by atomic mass is 32.2. The monoisotopic (exact) mass is 459 g/mol. The zero-order valence-corrected chi connectivity index (χ0v) is 17.0. The van der Waals surface area contributed by atoms with Gasteiger partial charge < -0.3 is 10.1 Å². The maximum absolute atomic E-state index is 12.7. The number of benzene rings is 2. The van der Waals surface area contributed by atoms with Crippen LogP contribution in [-0.2, 0) is 21.1 Å². The van der Waals surface area contributed by atoms with Crippen molar-refractivity contribution in [1.29, 1.82) is 0 Å². The number of nitrogens with one attached hydrogen (secondary N) is 1. The summed E-state index contributed by atoms with van der Waals surface area (Å²) >= 11 is 0. The van der Waals surface area contributed by atoms with Gasteiger partial charge in [-0.3, -0.25) is 15.0 Å². The van der Waals surface area contributed by atoms with Crippen molar-refractivity contribution in [2.75, 3.05) is 31.6 Å². The predicted molar refractivity (Wildman–Crippen MR) is 106 cm³/mol. The van der Waals surface area contributed by atoms with E-state index >= 15 is 0 Å². The quantitative estimate of drug-likeness (QED) is 0.501. The highest BCUT2D eigenvalue weighted by molar-refractivity contribution is 7.92. The second-order valence-corrected chi connectivity index (χ2v) is 8.92. The third-order valence-electron chi connectivity index (χ3n) is 4.77. The van der Waals surface area contributed by atoms with E-state index in [1.807, 2.05) is 30.3 Å². The van der Waals surface area contributed by atoms with E-state index in [-0.39, 0.29) is 18.3 Å². The molecule has 1 N–H and O–H groups in total. The summed E-state index contributed by atoms with van der Waals surface area (Å²) in [6, 6.07) is 11.9. The van der Waals surface area contributed by atoms with Crippen molar-refractivity contribution in [2.24, 2.45) is 0 Å². The second kappa shape index (κ2) is 9.20. The number of nitro groups is 1. The number of sulfone groups is 1. The summed E-state index contributed by atoms with van der Waals surface area (Å²) in [5.74, 6) is 0. The van der Waals surface area contributed by atoms with Crippen molar-refractivity contribution in [1.82, 2.24) is 4.90 Å². The molecule has 2 aromatic rings. The summed E-state index contributed by atoms with van der Waals surface area (Å²) in [5, 5.41) is 14.1. The van der Waals surface area contributed by atoms with Crippen molar-refractivity contribution in [3.8, 4) is 0 Å². The largest absolute Gasteiger partial charge is 0.501 e. The van der Waals surface area contributed by atoms with Gasteiger partial charge in [0.1, 0.15) is 5.69 Å². The van der Waals surface area contributed by atoms with Crippen LogP contribution in [0.1, 0.15) is 5.56 Å². The van der Waals surface area contributed by atoms with Crippen LogP contribution in [0.2, 0.25) is 0 Å². The summed E-state index contributed by atoms with van der Waals surface area (Å²) in [6.07, 6.45) is -0.310. The van der Waals surface area contributed by atoms with Gasteiger partial charge in [0.25, 0.3) is 15.5 Å². The Morgan fingerprint density at radius 2 is 1.90 bits per heavy atom. The van der Waals surface area contributed by atoms with Crippen LogP contribution >= 0.6 is 0 Å². The van der Waals surface area contributed by atoms with Crippen LogP contribution in [0.4, 0.5) is 24.5 Å². The highest BCUT2D eigenvalue weighted by Crippen LogP contribution is 2.34. The lowest BCUT2D eigenvalue weighted by molar-refractivity contribution is -0.384. The molecule has 31 heavy (non-hydrogen) atoms. The van der Waals surface area contributed by atoms with E-state index in [4.69, 9.17) is 4.74 Å². The molecule has 1 aliphatic heterocycles. The van der Waals surface area contributed by atoms with Gasteiger partial charge in [-0.25, -0.2) is 8.42 Å². The summed E-state index contributed by atoms with van der Waals surface area (Å²) < 4.78 is 67.0. The van der Waals surface area contributed by atoms with Crippen LogP contribution in [-0.4, -0.2) is 56.1 Å². The number of morpholine rings is 1. The molecule has 0 bridgehead atoms. The second-order valence-electron chi connectivity index (χ2n) is 6.98. The average Bonchev–Trinajstić information content (AvgIpc) is 2.72. The van der Waals surface area contributed by atoms with Crippen LogP contribution in [0.5, 0.6) is 0 Å². The molecule has 0 aliphatic carbocycles. The van der Waals surface area contributed by atoms with Crippen molar-refractivity contribution >= 4 is 21.2 Å². The summed E-state index contributed by atoms with van der Waals surface area (Å²) in [5.41, 5.74) is -5.26. The molecule has 1 fully saturated rings. The van der Waals surface area contributed by atoms with E-state index in [1.54, 1.807) is 0 Å². The van der Waals surface area contributed by atoms with Gasteiger partial charge in [-0.15, -0.1) is 0 Å². The molecule has 1 saturated heterocycles. The number of nitrogens with zero attached hydrogens (tertiary/aromatic N) is 2. The first-order valence-corrected chi connectivity index (χ1v) is 10.8. The Morgan fingerprint density at radius 1 is 1.19 bits per heavy atom. The van der Waals surface area contributed by atoms with Gasteiger partial charge in [0.2, 0.25) is 0 Å². The Bertz CT molecular complexity index is 1030. The lowest BCUT2D eigenvalue weighted by atomic mass is 10.2. The minimum absolute atomic E-state index is 0.0880. The number of anilines is 1. The van der Waals surface area contributed by atoms with E-state index in [9.17, 15) is 31.7 Å². The molecule has 1 aliphatic rings. The number of halogens is 3. The molecule has 0 radical (unpaired) electrons. The molecule has 0 aromatic heterocycles. The smallest absolute Gasteiger partial charge is 0.377 e. The first kappa shape index (κ1) is 23.0. The molecule has 3 rings (SSSR count). The normalized spacial score (nSPS) is 18.0. The number of hydrogen-bond donors (Lipinski definition) is 1. The number of nitro benzene ring substituents is 1. The molecular formula is C19H20F3N3O5S. The number of hydrogen-bond acceptors (Lipinski definition) is 7. The molecule has 168 valence electrons. The number of rotatable bonds is 7. The Hall–Kier alpha value is -2.70. The fraction of sp³-hybridized carbons (Fsp3) is 0.368. The zero-order valence-electron chi connectivity index (χ0n) is 16.2. The molecule has 0 spiro atoms. The van der Waals surface area contributed by atoms with Crippen molar-refractivity contribution in [3.05, 3.63) is 64.2 Å². The zero-order chi connectivity index (χ0) is 22.6. The topological polar surface area (TPSA) is 102 Å². The van der Waals surface area contributed by atoms with E-state index in [0.717, 1.165) is 18.2 Å². The van der Waals surface area contributed by atoms with Gasteiger partial charge >= 0.3 is 5.51 Å². The maximum atomic E-state index is 12.7. The molecule has 12 heteroatoms. The van der Waals surface area contributed by atoms with Crippen molar-refractivity contribution in [2.45, 2.75) is 23.1 Å². The first-order valence-electron chi connectivity index (χ1n) is 9.29. The Morgan fingerprint density at radius 3 is 2.55 bits per heavy atom. The van der Waals surface area contributed by atoms with Gasteiger partial charge in [-0.1, -0.05) is 30.3 Å². The predicted octanol–water partition coefficient (Wildman–Crippen LogP) is 3.20. The number of ether oxygens (including phenoxy) is 1. The molecule has 8 nitrogen and oxygen atoms in total. The Labute approximate surface area is 176 Å². The van der Waals surface area contributed by atoms with Crippen LogP contribution in [0, 0.1) is 10.1 Å². The average molecular weight is 459 g/mol. The van der Waals surface area contributed by atoms with Crippen LogP contribution in [0.25, 0.3) is 0 Å². The lowest BCUT2D eigenvalue weighted by Gasteiger charge is -2.33. The van der Waals surface area contributed by atoms with Crippen molar-refractivity contribution in [3.63, 3.8) is 0 Å². The van der Waals surface area contributed by atoms with E-state index < -0.39 is 30.9 Å². The molecule has 0 amide bonds. The molecule has 0 saturated carbocycles. The SMILES string of the molecule is O=[N+]([O-])c1cc(S(=O)(=O)C(F)(F)F)ccc1NCC1CN(Cc2ccccc2)CCO1. The van der Waals surface area contributed by atoms with Crippen LogP contribution < -0.4 is 5.32 Å². The van der Waals surface area contributed by atoms with Crippen LogP contribution in [0.15, 0.2) is 53.4 Å². The summed E-state index contributed by atoms with van der Waals surface area (Å²) in [6.45, 7) is 2.61. The molecule has 2 aromatic carbocycles. The molecule has 1 heterocycles. The van der Waals surface area contributed by atoms with E-state index in [0.29, 0.717) is 31.8 Å². The minimum atomic E-state index is -5.69. The highest BCUT2D eigenvalue weighted by Gasteiger charge is 2.47. The third kappa shape index (κ3) is 5.51.